The number of ether oxygens (including phenoxy) is 1. The van der Waals surface area contributed by atoms with E-state index in [4.69, 9.17) is 4.74 Å². The molecule has 1 unspecified atom stereocenters. The zero-order chi connectivity index (χ0) is 8.27. The molecule has 1 aliphatic carbocycles. The molecule has 0 N–H and O–H groups in total. The Balaban J connectivity index is 0. The van der Waals surface area contributed by atoms with Crippen molar-refractivity contribution in [1.82, 2.24) is 0 Å². The van der Waals surface area contributed by atoms with Crippen molar-refractivity contribution in [3.05, 3.63) is 21.6 Å². The van der Waals surface area contributed by atoms with E-state index in [1.54, 1.807) is 7.11 Å². The van der Waals surface area contributed by atoms with Crippen LogP contribution < -0.4 is 0 Å². The van der Waals surface area contributed by atoms with Gasteiger partial charge in [-0.1, -0.05) is 0 Å². The number of hydrogen-bond acceptors (Lipinski definition) is 1. The first-order valence-electron chi connectivity index (χ1n) is 3.93. The van der Waals surface area contributed by atoms with Gasteiger partial charge in [-0.05, 0) is 0 Å². The van der Waals surface area contributed by atoms with Gasteiger partial charge in [0.05, 0.1) is 0 Å². The molecule has 0 saturated carbocycles. The molecule has 0 amide bonds. The molecular weight excluding hydrogens is 243 g/mol. The SMILES string of the molecule is CCC(OC)C1=[C]([Ti])CC=C1.Cl.Cl. The van der Waals surface area contributed by atoms with Gasteiger partial charge in [0.2, 0.25) is 0 Å². The van der Waals surface area contributed by atoms with Crippen LogP contribution >= 0.6 is 24.8 Å². The van der Waals surface area contributed by atoms with Crippen molar-refractivity contribution in [2.75, 3.05) is 7.11 Å². The Kier molecular flexibility index (Phi) is 10.0. The van der Waals surface area contributed by atoms with E-state index in [2.05, 4.69) is 39.5 Å². The van der Waals surface area contributed by atoms with Gasteiger partial charge in [0, 0.05) is 0 Å². The summed E-state index contributed by atoms with van der Waals surface area (Å²) in [5.74, 6) is 0. The first kappa shape index (κ1) is 16.2. The van der Waals surface area contributed by atoms with Crippen molar-refractivity contribution in [1.29, 1.82) is 0 Å². The summed E-state index contributed by atoms with van der Waals surface area (Å²) < 4.78 is 6.80. The third-order valence-corrected chi connectivity index (χ3v) is 2.74. The smallest absolute Gasteiger partial charge is 0.147 e. The fourth-order valence-electron chi connectivity index (χ4n) is 1.34. The summed E-state index contributed by atoms with van der Waals surface area (Å²) in [7, 11) is 1.78. The van der Waals surface area contributed by atoms with E-state index >= 15 is 0 Å². The largest absolute Gasteiger partial charge is 0.147 e. The maximum atomic E-state index is 5.34. The zero-order valence-corrected chi connectivity index (χ0v) is 11.1. The Hall–Kier alpha value is 0.734. The summed E-state index contributed by atoms with van der Waals surface area (Å²) in [5.41, 5.74) is 1.38. The van der Waals surface area contributed by atoms with Gasteiger partial charge in [0.25, 0.3) is 0 Å². The predicted molar refractivity (Wildman–Crippen MR) is 56.4 cm³/mol. The van der Waals surface area contributed by atoms with Crippen LogP contribution in [0.2, 0.25) is 0 Å². The van der Waals surface area contributed by atoms with E-state index in [0.29, 0.717) is 6.10 Å². The minimum Gasteiger partial charge on any atom is -0.147 e. The number of halogens is 2. The number of methoxy groups -OCH3 is 1. The zero-order valence-electron chi connectivity index (χ0n) is 7.87. The van der Waals surface area contributed by atoms with Gasteiger partial charge in [0.1, 0.15) is 0 Å². The maximum absolute atomic E-state index is 5.34. The molecule has 0 bridgehead atoms. The second kappa shape index (κ2) is 8.08. The van der Waals surface area contributed by atoms with Gasteiger partial charge < -0.3 is 0 Å². The van der Waals surface area contributed by atoms with E-state index in [1.807, 2.05) is 0 Å². The maximum Gasteiger partial charge on any atom is -0.147 e. The van der Waals surface area contributed by atoms with Crippen LogP contribution in [0.1, 0.15) is 19.8 Å². The first-order valence-corrected chi connectivity index (χ1v) is 4.71. The summed E-state index contributed by atoms with van der Waals surface area (Å²) >= 11 is 2.18. The summed E-state index contributed by atoms with van der Waals surface area (Å²) in [5, 5.41) is 0. The van der Waals surface area contributed by atoms with Gasteiger partial charge in [0.15, 0.2) is 0 Å². The molecule has 0 spiro atoms. The van der Waals surface area contributed by atoms with Crippen LogP contribution in [-0.2, 0) is 25.2 Å². The quantitative estimate of drug-likeness (QED) is 0.707. The van der Waals surface area contributed by atoms with Crippen molar-refractivity contribution in [2.24, 2.45) is 0 Å². The topological polar surface area (TPSA) is 9.23 Å². The molecule has 0 aliphatic heterocycles. The Morgan fingerprint density at radius 3 is 2.46 bits per heavy atom. The molecule has 13 heavy (non-hydrogen) atoms. The number of allylic oxidation sites excluding steroid dienone is 2. The first-order chi connectivity index (χ1) is 5.29. The normalized spacial score (nSPS) is 16.4. The van der Waals surface area contributed by atoms with Crippen LogP contribution in [0.25, 0.3) is 0 Å². The van der Waals surface area contributed by atoms with E-state index in [1.165, 1.54) is 9.45 Å². The summed E-state index contributed by atoms with van der Waals surface area (Å²) in [4.78, 5) is 0. The average molecular weight is 258 g/mol. The minimum atomic E-state index is 0. The van der Waals surface area contributed by atoms with Gasteiger partial charge in [-0.15, -0.1) is 24.8 Å². The average Bonchev–Trinajstić information content (AvgIpc) is 2.40. The molecule has 0 aromatic heterocycles. The fraction of sp³-hybridized carbons (Fsp3) is 0.556. The van der Waals surface area contributed by atoms with Crippen molar-refractivity contribution in [3.8, 4) is 0 Å². The van der Waals surface area contributed by atoms with E-state index in [9.17, 15) is 0 Å². The van der Waals surface area contributed by atoms with E-state index in [0.717, 1.165) is 12.8 Å². The molecule has 0 radical (unpaired) electrons. The van der Waals surface area contributed by atoms with Gasteiger partial charge >= 0.3 is 79.8 Å². The van der Waals surface area contributed by atoms with Crippen molar-refractivity contribution < 1.29 is 25.2 Å². The number of rotatable bonds is 3. The van der Waals surface area contributed by atoms with Gasteiger partial charge in [-0.3, -0.25) is 0 Å². The summed E-state index contributed by atoms with van der Waals surface area (Å²) in [6, 6.07) is 0. The monoisotopic (exact) mass is 257 g/mol. The second-order valence-corrected chi connectivity index (χ2v) is 3.62. The van der Waals surface area contributed by atoms with Crippen LogP contribution in [0.5, 0.6) is 0 Å². The Labute approximate surface area is 104 Å². The molecule has 75 valence electrons. The van der Waals surface area contributed by atoms with Crippen LogP contribution in [0.3, 0.4) is 0 Å². The summed E-state index contributed by atoms with van der Waals surface area (Å²) in [6.07, 6.45) is 6.87. The van der Waals surface area contributed by atoms with Crippen molar-refractivity contribution in [3.63, 3.8) is 0 Å². The van der Waals surface area contributed by atoms with Crippen LogP contribution in [0, 0.1) is 0 Å². The Morgan fingerprint density at radius 2 is 2.15 bits per heavy atom. The second-order valence-electron chi connectivity index (χ2n) is 2.67. The molecule has 1 nitrogen and oxygen atoms in total. The molecule has 0 aromatic carbocycles. The van der Waals surface area contributed by atoms with Crippen molar-refractivity contribution >= 4 is 24.8 Å². The van der Waals surface area contributed by atoms with Crippen LogP contribution in [0.15, 0.2) is 21.6 Å². The molecule has 0 aromatic rings. The van der Waals surface area contributed by atoms with Crippen LogP contribution in [-0.4, -0.2) is 13.2 Å². The summed E-state index contributed by atoms with van der Waals surface area (Å²) in [6.45, 7) is 2.15. The molecule has 1 rings (SSSR count). The number of hydrogen-bond donors (Lipinski definition) is 0. The van der Waals surface area contributed by atoms with Crippen LogP contribution in [0.4, 0.5) is 0 Å². The van der Waals surface area contributed by atoms with E-state index in [-0.39, 0.29) is 24.8 Å². The molecule has 1 atom stereocenters. The molecular formula is C9H15Cl2OTi. The molecule has 0 saturated heterocycles. The predicted octanol–water partition coefficient (Wildman–Crippen LogP) is 3.02. The third kappa shape index (κ3) is 4.18. The molecule has 0 fully saturated rings. The Bertz CT molecular complexity index is 198. The third-order valence-electron chi connectivity index (χ3n) is 1.97. The fourth-order valence-corrected chi connectivity index (χ4v) is 1.90. The van der Waals surface area contributed by atoms with Crippen molar-refractivity contribution in [2.45, 2.75) is 25.9 Å². The Morgan fingerprint density at radius 1 is 1.54 bits per heavy atom. The van der Waals surface area contributed by atoms with E-state index < -0.39 is 0 Å². The van der Waals surface area contributed by atoms with Gasteiger partial charge in [-0.2, -0.15) is 0 Å². The minimum absolute atomic E-state index is 0. The standard InChI is InChI=1S/C9H13O.2ClH.Ti/c1-3-9(10-2)8-6-4-5-7-8;;;/h4,6,9H,3,5H2,1-2H3;2*1H;. The molecule has 1 aliphatic rings. The molecule has 4 heteroatoms. The molecule has 0 heterocycles. The van der Waals surface area contributed by atoms with Gasteiger partial charge in [-0.25, -0.2) is 0 Å².